The summed E-state index contributed by atoms with van der Waals surface area (Å²) in [6.45, 7) is -2.70. The minimum atomic E-state index is -3.70. The van der Waals surface area contributed by atoms with E-state index in [1.165, 1.54) is 29.6 Å². The van der Waals surface area contributed by atoms with Gasteiger partial charge in [-0.2, -0.15) is 13.1 Å². The van der Waals surface area contributed by atoms with Gasteiger partial charge < -0.3 is 14.8 Å². The SMILES string of the molecule is COc1cc(CCNC(=O)c2cccc(S(=O)(=O)N(C)C3CCCCC3)c2)ccc1OC(F)F. The van der Waals surface area contributed by atoms with Gasteiger partial charge in [-0.25, -0.2) is 8.42 Å². The van der Waals surface area contributed by atoms with Crippen LogP contribution in [-0.4, -0.2) is 52.0 Å². The number of alkyl halides is 2. The normalized spacial score (nSPS) is 14.9. The molecule has 3 rings (SSSR count). The van der Waals surface area contributed by atoms with Crippen molar-refractivity contribution in [1.29, 1.82) is 0 Å². The number of nitrogens with one attached hydrogen (secondary N) is 1. The largest absolute Gasteiger partial charge is 0.493 e. The summed E-state index contributed by atoms with van der Waals surface area (Å²) < 4.78 is 62.0. The minimum absolute atomic E-state index is 0.0225. The highest BCUT2D eigenvalue weighted by atomic mass is 32.2. The number of carbonyl (C=O) groups excluding carboxylic acids is 1. The van der Waals surface area contributed by atoms with E-state index in [2.05, 4.69) is 10.1 Å². The molecule has 0 radical (unpaired) electrons. The van der Waals surface area contributed by atoms with E-state index in [4.69, 9.17) is 4.74 Å². The molecule has 34 heavy (non-hydrogen) atoms. The summed E-state index contributed by atoms with van der Waals surface area (Å²) in [4.78, 5) is 12.7. The monoisotopic (exact) mass is 496 g/mol. The second kappa shape index (κ2) is 11.6. The molecule has 1 aliphatic rings. The van der Waals surface area contributed by atoms with Gasteiger partial charge in [-0.15, -0.1) is 0 Å². The quantitative estimate of drug-likeness (QED) is 0.532. The Morgan fingerprint density at radius 2 is 1.85 bits per heavy atom. The first-order valence-electron chi connectivity index (χ1n) is 11.2. The second-order valence-corrected chi connectivity index (χ2v) is 10.2. The molecule has 0 unspecified atom stereocenters. The van der Waals surface area contributed by atoms with Crippen molar-refractivity contribution in [3.63, 3.8) is 0 Å². The van der Waals surface area contributed by atoms with Crippen molar-refractivity contribution in [3.8, 4) is 11.5 Å². The molecule has 0 atom stereocenters. The number of nitrogens with zero attached hydrogens (tertiary/aromatic N) is 1. The van der Waals surface area contributed by atoms with Gasteiger partial charge in [0, 0.05) is 25.2 Å². The van der Waals surface area contributed by atoms with Crippen LogP contribution in [0.25, 0.3) is 0 Å². The average molecular weight is 497 g/mol. The van der Waals surface area contributed by atoms with E-state index in [0.29, 0.717) is 6.42 Å². The Morgan fingerprint density at radius 3 is 2.53 bits per heavy atom. The number of methoxy groups -OCH3 is 1. The van der Waals surface area contributed by atoms with E-state index >= 15 is 0 Å². The highest BCUT2D eigenvalue weighted by Gasteiger charge is 2.29. The molecule has 1 amide bonds. The van der Waals surface area contributed by atoms with Gasteiger partial charge in [-0.3, -0.25) is 4.79 Å². The lowest BCUT2D eigenvalue weighted by Gasteiger charge is -2.30. The zero-order chi connectivity index (χ0) is 24.7. The van der Waals surface area contributed by atoms with Crippen LogP contribution in [0.1, 0.15) is 48.0 Å². The van der Waals surface area contributed by atoms with E-state index in [-0.39, 0.29) is 34.5 Å². The first-order chi connectivity index (χ1) is 16.2. The summed E-state index contributed by atoms with van der Waals surface area (Å²) in [5, 5.41) is 2.76. The number of hydrogen-bond acceptors (Lipinski definition) is 5. The van der Waals surface area contributed by atoms with E-state index in [9.17, 15) is 22.0 Å². The number of rotatable bonds is 10. The number of carbonyl (C=O) groups is 1. The van der Waals surface area contributed by atoms with Crippen molar-refractivity contribution < 1.29 is 31.5 Å². The summed E-state index contributed by atoms with van der Waals surface area (Å²) in [6, 6.07) is 10.6. The molecule has 2 aromatic rings. The summed E-state index contributed by atoms with van der Waals surface area (Å²) in [5.74, 6) is -0.299. The van der Waals surface area contributed by atoms with Crippen molar-refractivity contribution in [2.45, 2.75) is 56.1 Å². The first kappa shape index (κ1) is 25.9. The zero-order valence-corrected chi connectivity index (χ0v) is 20.1. The minimum Gasteiger partial charge on any atom is -0.493 e. The number of amides is 1. The average Bonchev–Trinajstić information content (AvgIpc) is 2.84. The molecule has 2 aromatic carbocycles. The Labute approximate surface area is 199 Å². The molecule has 1 N–H and O–H groups in total. The van der Waals surface area contributed by atoms with Crippen molar-refractivity contribution in [3.05, 3.63) is 53.6 Å². The molecule has 0 heterocycles. The molecule has 10 heteroatoms. The molecule has 1 aliphatic carbocycles. The van der Waals surface area contributed by atoms with Gasteiger partial charge in [0.25, 0.3) is 5.91 Å². The summed E-state index contributed by atoms with van der Waals surface area (Å²) in [7, 11) is -0.750. The van der Waals surface area contributed by atoms with Gasteiger partial charge in [0.2, 0.25) is 10.0 Å². The molecule has 0 aliphatic heterocycles. The topological polar surface area (TPSA) is 84.9 Å². The summed E-state index contributed by atoms with van der Waals surface area (Å²) in [6.07, 6.45) is 5.26. The number of sulfonamides is 1. The number of ether oxygens (including phenoxy) is 2. The third-order valence-corrected chi connectivity index (χ3v) is 7.91. The van der Waals surface area contributed by atoms with Crippen LogP contribution >= 0.6 is 0 Å². The van der Waals surface area contributed by atoms with E-state index in [1.54, 1.807) is 31.3 Å². The van der Waals surface area contributed by atoms with Crippen LogP contribution in [-0.2, 0) is 16.4 Å². The molecule has 0 saturated heterocycles. The van der Waals surface area contributed by atoms with Crippen molar-refractivity contribution in [2.24, 2.45) is 0 Å². The highest BCUT2D eigenvalue weighted by molar-refractivity contribution is 7.89. The third kappa shape index (κ3) is 6.44. The maximum Gasteiger partial charge on any atom is 0.387 e. The maximum absolute atomic E-state index is 13.1. The second-order valence-electron chi connectivity index (χ2n) is 8.21. The van der Waals surface area contributed by atoms with Gasteiger partial charge >= 0.3 is 6.61 Å². The fourth-order valence-electron chi connectivity index (χ4n) is 4.09. The molecule has 1 saturated carbocycles. The van der Waals surface area contributed by atoms with Gasteiger partial charge in [0.15, 0.2) is 11.5 Å². The predicted octanol–water partition coefficient (Wildman–Crippen LogP) is 4.22. The Morgan fingerprint density at radius 1 is 1.12 bits per heavy atom. The third-order valence-electron chi connectivity index (χ3n) is 6.01. The molecule has 0 spiro atoms. The van der Waals surface area contributed by atoms with Crippen LogP contribution in [0.2, 0.25) is 0 Å². The molecular formula is C24H30F2N2O5S. The number of halogens is 2. The van der Waals surface area contributed by atoms with Crippen LogP contribution in [0.4, 0.5) is 8.78 Å². The highest BCUT2D eigenvalue weighted by Crippen LogP contribution is 2.30. The Bertz CT molecular complexity index is 1090. The van der Waals surface area contributed by atoms with Gasteiger partial charge in [0.1, 0.15) is 0 Å². The van der Waals surface area contributed by atoms with E-state index in [1.807, 2.05) is 0 Å². The van der Waals surface area contributed by atoms with Crippen molar-refractivity contribution in [2.75, 3.05) is 20.7 Å². The summed E-state index contributed by atoms with van der Waals surface area (Å²) in [5.41, 5.74) is 1.00. The van der Waals surface area contributed by atoms with Crippen LogP contribution in [0.15, 0.2) is 47.4 Å². The van der Waals surface area contributed by atoms with Gasteiger partial charge in [-0.05, 0) is 55.2 Å². The predicted molar refractivity (Wildman–Crippen MR) is 124 cm³/mol. The van der Waals surface area contributed by atoms with Crippen LogP contribution < -0.4 is 14.8 Å². The molecule has 186 valence electrons. The number of hydrogen-bond donors (Lipinski definition) is 1. The lowest BCUT2D eigenvalue weighted by atomic mass is 9.96. The maximum atomic E-state index is 13.1. The lowest BCUT2D eigenvalue weighted by Crippen LogP contribution is -2.38. The van der Waals surface area contributed by atoms with E-state index < -0.39 is 22.5 Å². The van der Waals surface area contributed by atoms with Crippen LogP contribution in [0.3, 0.4) is 0 Å². The molecule has 0 aromatic heterocycles. The van der Waals surface area contributed by atoms with Crippen LogP contribution in [0.5, 0.6) is 11.5 Å². The first-order valence-corrected chi connectivity index (χ1v) is 12.6. The summed E-state index contributed by atoms with van der Waals surface area (Å²) >= 11 is 0. The molecule has 7 nitrogen and oxygen atoms in total. The Balaban J connectivity index is 1.62. The lowest BCUT2D eigenvalue weighted by molar-refractivity contribution is -0.0512. The molecular weight excluding hydrogens is 466 g/mol. The fraction of sp³-hybridized carbons (Fsp3) is 0.458. The van der Waals surface area contributed by atoms with E-state index in [0.717, 1.165) is 37.7 Å². The zero-order valence-electron chi connectivity index (χ0n) is 19.3. The standard InChI is InChI=1S/C24H30F2N2O5S/c1-28(19-8-4-3-5-9-19)34(30,31)20-10-6-7-18(16-20)23(29)27-14-13-17-11-12-21(33-24(25)26)22(15-17)32-2/h6-7,10-12,15-16,19,24H,3-5,8-9,13-14H2,1-2H3,(H,27,29). The smallest absolute Gasteiger partial charge is 0.387 e. The molecule has 0 bridgehead atoms. The fourth-order valence-corrected chi connectivity index (χ4v) is 5.55. The molecule has 1 fully saturated rings. The van der Waals surface area contributed by atoms with Crippen molar-refractivity contribution in [1.82, 2.24) is 9.62 Å². The Hall–Kier alpha value is -2.72. The van der Waals surface area contributed by atoms with Gasteiger partial charge in [0.05, 0.1) is 12.0 Å². The number of benzene rings is 2. The van der Waals surface area contributed by atoms with Crippen LogP contribution in [0, 0.1) is 0 Å². The van der Waals surface area contributed by atoms with Gasteiger partial charge in [-0.1, -0.05) is 31.4 Å². The Kier molecular flexibility index (Phi) is 8.84. The van der Waals surface area contributed by atoms with Crippen molar-refractivity contribution >= 4 is 15.9 Å².